The molecule has 2 aromatic carbocycles. The van der Waals surface area contributed by atoms with Gasteiger partial charge in [-0.05, 0) is 87.0 Å². The molecule has 6 aliphatic carbocycles. The summed E-state index contributed by atoms with van der Waals surface area (Å²) in [7, 11) is 3.08. The number of phenolic OH excluding ortho intramolecular Hbond substituents is 2. The maximum atomic E-state index is 14.0. The largest absolute Gasteiger partial charge is 0.511 e. The van der Waals surface area contributed by atoms with Gasteiger partial charge >= 0.3 is 0 Å². The average Bonchev–Trinajstić information content (AvgIpc) is 3.20. The molecule has 0 bridgehead atoms. The molecule has 17 nitrogen and oxygen atoms in total. The normalized spacial score (nSPS) is 28.5. The Hall–Kier alpha value is -7.18. The van der Waals surface area contributed by atoms with Crippen molar-refractivity contribution in [2.45, 2.75) is 62.2 Å². The van der Waals surface area contributed by atoms with E-state index in [0.717, 1.165) is 0 Å². The van der Waals surface area contributed by atoms with E-state index >= 15 is 0 Å². The third-order valence-corrected chi connectivity index (χ3v) is 13.4. The summed E-state index contributed by atoms with van der Waals surface area (Å²) >= 11 is 0. The van der Waals surface area contributed by atoms with Crippen molar-refractivity contribution in [3.63, 3.8) is 0 Å². The molecule has 12 N–H and O–H groups in total. The second-order valence-corrected chi connectivity index (χ2v) is 16.9. The van der Waals surface area contributed by atoms with Crippen LogP contribution in [0.5, 0.6) is 11.5 Å². The Morgan fingerprint density at radius 1 is 0.683 bits per heavy atom. The molecule has 0 spiro atoms. The number of hydrogen-bond donors (Lipinski definition) is 10. The van der Waals surface area contributed by atoms with Crippen LogP contribution in [0.15, 0.2) is 69.6 Å². The molecule has 0 unspecified atom stereocenters. The number of carbonyl (C=O) groups excluding carboxylic acids is 6. The molecular formula is C46H41N3O14. The van der Waals surface area contributed by atoms with E-state index in [0.29, 0.717) is 22.3 Å². The summed E-state index contributed by atoms with van der Waals surface area (Å²) in [5, 5.41) is 89.2. The lowest BCUT2D eigenvalue weighted by atomic mass is 9.58. The van der Waals surface area contributed by atoms with E-state index in [4.69, 9.17) is 11.5 Å². The summed E-state index contributed by atoms with van der Waals surface area (Å²) < 4.78 is 0. The van der Waals surface area contributed by atoms with Gasteiger partial charge in [0.15, 0.2) is 22.8 Å². The average molecular weight is 860 g/mol. The second-order valence-electron chi connectivity index (χ2n) is 16.9. The molecule has 2 aromatic rings. The Labute approximate surface area is 358 Å². The van der Waals surface area contributed by atoms with E-state index in [2.05, 4.69) is 23.7 Å². The zero-order chi connectivity index (χ0) is 45.8. The third-order valence-electron chi connectivity index (χ3n) is 13.4. The molecule has 0 saturated heterocycles. The molecule has 0 aromatic heterocycles. The molecule has 6 aliphatic rings. The lowest BCUT2D eigenvalue weighted by Crippen LogP contribution is -2.63. The van der Waals surface area contributed by atoms with Crippen LogP contribution >= 0.6 is 0 Å². The van der Waals surface area contributed by atoms with Crippen molar-refractivity contribution in [3.8, 4) is 35.2 Å². The van der Waals surface area contributed by atoms with E-state index in [-0.39, 0.29) is 67.2 Å². The van der Waals surface area contributed by atoms with E-state index in [9.17, 15) is 69.6 Å². The molecule has 0 radical (unpaired) electrons. The van der Waals surface area contributed by atoms with Gasteiger partial charge in [-0.2, -0.15) is 0 Å². The first-order valence-corrected chi connectivity index (χ1v) is 20.0. The zero-order valence-electron chi connectivity index (χ0n) is 33.8. The fourth-order valence-corrected chi connectivity index (χ4v) is 10.5. The monoisotopic (exact) mass is 859 g/mol. The van der Waals surface area contributed by atoms with Crippen LogP contribution < -0.4 is 11.5 Å². The maximum Gasteiger partial charge on any atom is 0.255 e. The van der Waals surface area contributed by atoms with Crippen molar-refractivity contribution in [2.24, 2.45) is 35.1 Å². The number of nitrogens with zero attached hydrogens (tertiary/aromatic N) is 1. The first-order chi connectivity index (χ1) is 29.7. The minimum Gasteiger partial charge on any atom is -0.511 e. The number of likely N-dealkylation sites (N-methyl/N-ethyl adjacent to an activating group) is 1. The standard InChI is InChI=1S/C46H41N3O14/c1-49(2)35-25-16-21-15-24-19(10-12-27(51)32(24)37(54)30(21)40(57)46(25,63)42(59)34(38(35)55)44(48)61)8-6-4-3-5-7-18-9-11-26(50)31-23(18)14-20-13-22-17-28(52)33(43(47)60)41(58)45(22,62)39(56)29(20)36(31)53/h9-12,20-22,25,35,50-52,55-57,62-63H,3-4,13-17H2,1-2H3,(H2,47,60)(H2,48,61)/t20-,21+,22+,25+,35+,45+,46+/m1/s1. The summed E-state index contributed by atoms with van der Waals surface area (Å²) in [4.78, 5) is 80.3. The molecule has 17 heteroatoms. The predicted octanol–water partition coefficient (Wildman–Crippen LogP) is 1.20. The van der Waals surface area contributed by atoms with Crippen LogP contribution in [0.1, 0.15) is 75.1 Å². The van der Waals surface area contributed by atoms with Gasteiger partial charge in [0.2, 0.25) is 11.6 Å². The SMILES string of the molecule is CN(C)[C@@H]1C(O)=C(C(N)=O)C(=O)[C@@]2(O)C(O)=C3C(=O)c4c(O)ccc(C#CCCC#Cc5ccc(O)c6c5C[C@H]5C[C@H]7CC(O)=C(C(N)=O)C(=O)[C@@]7(O)C(O)=C5C6=O)c4C[C@H]3C[C@@H]12. The number of benzene rings is 2. The van der Waals surface area contributed by atoms with Crippen molar-refractivity contribution in [1.29, 1.82) is 0 Å². The second kappa shape index (κ2) is 14.7. The summed E-state index contributed by atoms with van der Waals surface area (Å²) in [6.07, 6.45) is 0.0678. The Kier molecular flexibility index (Phi) is 9.94. The van der Waals surface area contributed by atoms with Crippen molar-refractivity contribution in [1.82, 2.24) is 4.90 Å². The fraction of sp³-hybridized carbons (Fsp3) is 0.348. The molecule has 0 fully saturated rings. The molecular weight excluding hydrogens is 819 g/mol. The van der Waals surface area contributed by atoms with E-state index in [1.165, 1.54) is 43.3 Å². The topological polar surface area (TPSA) is 320 Å². The number of rotatable bonds is 4. The Bertz CT molecular complexity index is 2820. The lowest BCUT2D eigenvalue weighted by molar-refractivity contribution is -0.148. The number of nitrogens with two attached hydrogens (primary N) is 2. The van der Waals surface area contributed by atoms with Gasteiger partial charge < -0.3 is 52.3 Å². The van der Waals surface area contributed by atoms with Gasteiger partial charge in [0.25, 0.3) is 11.8 Å². The van der Waals surface area contributed by atoms with Crippen molar-refractivity contribution in [2.75, 3.05) is 14.1 Å². The minimum absolute atomic E-state index is 0.0368. The maximum absolute atomic E-state index is 14.0. The smallest absolute Gasteiger partial charge is 0.255 e. The number of carbonyl (C=O) groups is 6. The number of Topliss-reactive ketones (excluding diaryl/α,β-unsaturated/α-hetero) is 4. The number of primary amides is 2. The zero-order valence-corrected chi connectivity index (χ0v) is 33.8. The number of ketones is 4. The van der Waals surface area contributed by atoms with Gasteiger partial charge in [-0.25, -0.2) is 0 Å². The van der Waals surface area contributed by atoms with Gasteiger partial charge in [0, 0.05) is 53.4 Å². The highest BCUT2D eigenvalue weighted by atomic mass is 16.4. The highest BCUT2D eigenvalue weighted by Crippen LogP contribution is 2.54. The van der Waals surface area contributed by atoms with Crippen molar-refractivity contribution < 1.29 is 69.6 Å². The van der Waals surface area contributed by atoms with Crippen LogP contribution in [0.2, 0.25) is 0 Å². The molecule has 0 aliphatic heterocycles. The van der Waals surface area contributed by atoms with Gasteiger partial charge in [-0.15, -0.1) is 0 Å². The number of fused-ring (bicyclic) bond motifs is 6. The lowest BCUT2D eigenvalue weighted by Gasteiger charge is -2.50. The number of amides is 2. The number of unbranched alkanes of at least 4 members (excludes halogenated alkanes) is 1. The predicted molar refractivity (Wildman–Crippen MR) is 217 cm³/mol. The van der Waals surface area contributed by atoms with Crippen LogP contribution in [0.25, 0.3) is 0 Å². The minimum atomic E-state index is -2.77. The number of hydrogen-bond acceptors (Lipinski definition) is 15. The molecule has 7 atom stereocenters. The number of allylic oxidation sites excluding steroid dienone is 3. The van der Waals surface area contributed by atoms with Crippen molar-refractivity contribution >= 4 is 34.9 Å². The van der Waals surface area contributed by atoms with Crippen LogP contribution in [0, 0.1) is 47.4 Å². The van der Waals surface area contributed by atoms with Gasteiger partial charge in [-0.3, -0.25) is 33.7 Å². The summed E-state index contributed by atoms with van der Waals surface area (Å²) in [5.41, 5.74) is 4.04. The van der Waals surface area contributed by atoms with E-state index < -0.39 is 122 Å². The van der Waals surface area contributed by atoms with Gasteiger partial charge in [-0.1, -0.05) is 23.7 Å². The summed E-state index contributed by atoms with van der Waals surface area (Å²) in [5.74, 6) is -2.78. The number of aromatic hydroxyl groups is 2. The first kappa shape index (κ1) is 42.5. The molecule has 63 heavy (non-hydrogen) atoms. The van der Waals surface area contributed by atoms with Crippen LogP contribution in [0.3, 0.4) is 0 Å². The fourth-order valence-electron chi connectivity index (χ4n) is 10.5. The van der Waals surface area contributed by atoms with E-state index in [1.54, 1.807) is 0 Å². The number of phenols is 2. The molecule has 0 saturated carbocycles. The van der Waals surface area contributed by atoms with Crippen LogP contribution in [0.4, 0.5) is 0 Å². The quantitative estimate of drug-likeness (QED) is 0.117. The van der Waals surface area contributed by atoms with Crippen molar-refractivity contribution in [3.05, 3.63) is 103 Å². The third kappa shape index (κ3) is 5.99. The molecule has 324 valence electrons. The van der Waals surface area contributed by atoms with Gasteiger partial charge in [0.05, 0.1) is 17.2 Å². The summed E-state index contributed by atoms with van der Waals surface area (Å²) in [6, 6.07) is 4.42. The Balaban J connectivity index is 1.04. The van der Waals surface area contributed by atoms with Gasteiger partial charge in [0.1, 0.15) is 45.7 Å². The van der Waals surface area contributed by atoms with E-state index in [1.807, 2.05) is 0 Å². The Morgan fingerprint density at radius 2 is 1.14 bits per heavy atom. The number of aliphatic hydroxyl groups is 6. The molecule has 0 heterocycles. The highest BCUT2D eigenvalue weighted by molar-refractivity contribution is 6.25. The molecule has 2 amide bonds. The van der Waals surface area contributed by atoms with Crippen LogP contribution in [-0.4, -0.2) is 112 Å². The highest BCUT2D eigenvalue weighted by Gasteiger charge is 2.64. The molecule has 8 rings (SSSR count). The first-order valence-electron chi connectivity index (χ1n) is 20.0. The Morgan fingerprint density at radius 3 is 1.62 bits per heavy atom. The number of aliphatic hydroxyl groups excluding tert-OH is 4. The van der Waals surface area contributed by atoms with Crippen LogP contribution in [-0.2, 0) is 32.0 Å². The summed E-state index contributed by atoms with van der Waals surface area (Å²) in [6.45, 7) is 0.